The number of anilines is 1. The number of piperazine rings is 1. The fourth-order valence-corrected chi connectivity index (χ4v) is 2.26. The lowest BCUT2D eigenvalue weighted by Crippen LogP contribution is -2.45. The quantitative estimate of drug-likeness (QED) is 0.730. The van der Waals surface area contributed by atoms with Crippen LogP contribution in [0.25, 0.3) is 11.2 Å². The molecular formula is C11H16N6O. The Labute approximate surface area is 104 Å². The Morgan fingerprint density at radius 3 is 2.67 bits per heavy atom. The molecule has 0 atom stereocenters. The van der Waals surface area contributed by atoms with Crippen LogP contribution in [0.15, 0.2) is 11.1 Å². The Morgan fingerprint density at radius 1 is 1.22 bits per heavy atom. The van der Waals surface area contributed by atoms with E-state index in [1.807, 2.05) is 7.05 Å². The number of likely N-dealkylation sites (N-methyl/N-ethyl adjacent to an activating group) is 1. The molecule has 1 aliphatic heterocycles. The maximum atomic E-state index is 11.6. The highest BCUT2D eigenvalue weighted by Gasteiger charge is 2.20. The van der Waals surface area contributed by atoms with Crippen molar-refractivity contribution in [3.8, 4) is 0 Å². The van der Waals surface area contributed by atoms with Gasteiger partial charge in [-0.25, -0.2) is 9.78 Å². The fraction of sp³-hybridized carbons (Fsp3) is 0.545. The molecule has 0 aliphatic carbocycles. The first-order valence-corrected chi connectivity index (χ1v) is 6.00. The van der Waals surface area contributed by atoms with Gasteiger partial charge in [0.15, 0.2) is 5.82 Å². The molecule has 0 aromatic carbocycles. The van der Waals surface area contributed by atoms with Gasteiger partial charge in [-0.3, -0.25) is 4.98 Å². The molecule has 1 fully saturated rings. The van der Waals surface area contributed by atoms with Crippen molar-refractivity contribution in [3.63, 3.8) is 0 Å². The Kier molecular flexibility index (Phi) is 2.55. The molecule has 18 heavy (non-hydrogen) atoms. The summed E-state index contributed by atoms with van der Waals surface area (Å²) in [4.78, 5) is 27.1. The maximum absolute atomic E-state index is 11.6. The average molecular weight is 248 g/mol. The lowest BCUT2D eigenvalue weighted by atomic mass is 10.3. The summed E-state index contributed by atoms with van der Waals surface area (Å²) in [6, 6.07) is 0. The SMILES string of the molecule is CN1CCN(c2nc(=O)[nH]c3c2ncn3C)CC1. The molecule has 7 nitrogen and oxygen atoms in total. The molecule has 0 amide bonds. The summed E-state index contributed by atoms with van der Waals surface area (Å²) in [7, 11) is 3.96. The summed E-state index contributed by atoms with van der Waals surface area (Å²) >= 11 is 0. The zero-order chi connectivity index (χ0) is 12.7. The van der Waals surface area contributed by atoms with E-state index in [4.69, 9.17) is 0 Å². The van der Waals surface area contributed by atoms with Crippen LogP contribution in [0.5, 0.6) is 0 Å². The molecule has 0 bridgehead atoms. The zero-order valence-electron chi connectivity index (χ0n) is 10.6. The van der Waals surface area contributed by atoms with Gasteiger partial charge in [-0.15, -0.1) is 0 Å². The molecular weight excluding hydrogens is 232 g/mol. The third-order valence-corrected chi connectivity index (χ3v) is 3.38. The fourth-order valence-electron chi connectivity index (χ4n) is 2.26. The van der Waals surface area contributed by atoms with Crippen molar-refractivity contribution in [2.24, 2.45) is 7.05 Å². The second-order valence-electron chi connectivity index (χ2n) is 4.71. The second kappa shape index (κ2) is 4.09. The molecule has 0 spiro atoms. The number of rotatable bonds is 1. The molecule has 3 rings (SSSR count). The number of aromatic amines is 1. The summed E-state index contributed by atoms with van der Waals surface area (Å²) in [5, 5.41) is 0. The Bertz CT molecular complexity index is 622. The average Bonchev–Trinajstić information content (AvgIpc) is 2.71. The standard InChI is InChI=1S/C11H16N6O/c1-15-3-5-17(6-4-15)10-8-9(13-11(18)14-10)16(2)7-12-8/h7H,3-6H2,1-2H3,(H,13,14,18). The van der Waals surface area contributed by atoms with Gasteiger partial charge in [-0.05, 0) is 7.05 Å². The molecule has 0 saturated carbocycles. The summed E-state index contributed by atoms with van der Waals surface area (Å²) < 4.78 is 1.80. The van der Waals surface area contributed by atoms with Crippen LogP contribution in [-0.4, -0.2) is 57.6 Å². The van der Waals surface area contributed by atoms with Gasteiger partial charge in [0.25, 0.3) is 0 Å². The van der Waals surface area contributed by atoms with Gasteiger partial charge in [0.2, 0.25) is 0 Å². The number of fused-ring (bicyclic) bond motifs is 1. The van der Waals surface area contributed by atoms with Crippen molar-refractivity contribution in [1.29, 1.82) is 0 Å². The van der Waals surface area contributed by atoms with Crippen LogP contribution in [0.2, 0.25) is 0 Å². The van der Waals surface area contributed by atoms with E-state index in [0.29, 0.717) is 5.82 Å². The largest absolute Gasteiger partial charge is 0.352 e. The van der Waals surface area contributed by atoms with Crippen molar-refractivity contribution in [3.05, 3.63) is 16.8 Å². The smallest absolute Gasteiger partial charge is 0.348 e. The lowest BCUT2D eigenvalue weighted by molar-refractivity contribution is 0.312. The molecule has 0 radical (unpaired) electrons. The lowest BCUT2D eigenvalue weighted by Gasteiger charge is -2.32. The van der Waals surface area contributed by atoms with E-state index in [1.54, 1.807) is 10.9 Å². The monoisotopic (exact) mass is 248 g/mol. The van der Waals surface area contributed by atoms with Gasteiger partial charge in [0.1, 0.15) is 11.2 Å². The highest BCUT2D eigenvalue weighted by molar-refractivity contribution is 5.83. The number of hydrogen-bond acceptors (Lipinski definition) is 5. The third kappa shape index (κ3) is 1.76. The van der Waals surface area contributed by atoms with E-state index in [2.05, 4.69) is 31.8 Å². The number of aryl methyl sites for hydroxylation is 1. The number of H-pyrrole nitrogens is 1. The molecule has 2 aromatic rings. The van der Waals surface area contributed by atoms with Crippen molar-refractivity contribution in [2.45, 2.75) is 0 Å². The van der Waals surface area contributed by atoms with E-state index >= 15 is 0 Å². The Balaban J connectivity index is 2.08. The first kappa shape index (κ1) is 11.2. The number of hydrogen-bond donors (Lipinski definition) is 1. The number of aromatic nitrogens is 4. The van der Waals surface area contributed by atoms with E-state index in [1.165, 1.54) is 0 Å². The second-order valence-corrected chi connectivity index (χ2v) is 4.71. The minimum atomic E-state index is -0.319. The number of nitrogens with zero attached hydrogens (tertiary/aromatic N) is 5. The van der Waals surface area contributed by atoms with Crippen LogP contribution >= 0.6 is 0 Å². The van der Waals surface area contributed by atoms with Crippen molar-refractivity contribution in [1.82, 2.24) is 24.4 Å². The molecule has 1 aliphatic rings. The summed E-state index contributed by atoms with van der Waals surface area (Å²) in [6.07, 6.45) is 1.70. The van der Waals surface area contributed by atoms with E-state index in [9.17, 15) is 4.79 Å². The molecule has 3 heterocycles. The summed E-state index contributed by atoms with van der Waals surface area (Å²) in [5.41, 5.74) is 1.17. The van der Waals surface area contributed by atoms with Gasteiger partial charge >= 0.3 is 5.69 Å². The molecule has 1 N–H and O–H groups in total. The Hall–Kier alpha value is -1.89. The van der Waals surface area contributed by atoms with E-state index in [-0.39, 0.29) is 5.69 Å². The summed E-state index contributed by atoms with van der Waals surface area (Å²) in [6.45, 7) is 3.70. The number of nitrogens with one attached hydrogen (secondary N) is 1. The predicted molar refractivity (Wildman–Crippen MR) is 68.8 cm³/mol. The first-order valence-electron chi connectivity index (χ1n) is 6.00. The molecule has 1 saturated heterocycles. The molecule has 96 valence electrons. The first-order chi connectivity index (χ1) is 8.65. The topological polar surface area (TPSA) is 70.1 Å². The van der Waals surface area contributed by atoms with Crippen LogP contribution in [0.3, 0.4) is 0 Å². The van der Waals surface area contributed by atoms with Crippen LogP contribution in [-0.2, 0) is 7.05 Å². The highest BCUT2D eigenvalue weighted by atomic mass is 16.1. The van der Waals surface area contributed by atoms with Gasteiger partial charge in [0.05, 0.1) is 6.33 Å². The van der Waals surface area contributed by atoms with Crippen molar-refractivity contribution >= 4 is 17.0 Å². The van der Waals surface area contributed by atoms with Crippen molar-refractivity contribution in [2.75, 3.05) is 38.1 Å². The summed E-state index contributed by atoms with van der Waals surface area (Å²) in [5.74, 6) is 0.697. The van der Waals surface area contributed by atoms with Gasteiger partial charge in [-0.1, -0.05) is 0 Å². The maximum Gasteiger partial charge on any atom is 0.348 e. The molecule has 7 heteroatoms. The predicted octanol–water partition coefficient (Wildman–Crippen LogP) is -0.592. The van der Waals surface area contributed by atoms with Crippen LogP contribution in [0.1, 0.15) is 0 Å². The third-order valence-electron chi connectivity index (χ3n) is 3.38. The molecule has 0 unspecified atom stereocenters. The minimum absolute atomic E-state index is 0.319. The number of imidazole rings is 1. The van der Waals surface area contributed by atoms with E-state index < -0.39 is 0 Å². The van der Waals surface area contributed by atoms with Crippen LogP contribution in [0.4, 0.5) is 5.82 Å². The van der Waals surface area contributed by atoms with Crippen molar-refractivity contribution < 1.29 is 0 Å². The van der Waals surface area contributed by atoms with Crippen LogP contribution in [0, 0.1) is 0 Å². The van der Waals surface area contributed by atoms with Crippen LogP contribution < -0.4 is 10.6 Å². The highest BCUT2D eigenvalue weighted by Crippen LogP contribution is 2.20. The van der Waals surface area contributed by atoms with Gasteiger partial charge in [0, 0.05) is 33.2 Å². The van der Waals surface area contributed by atoms with Gasteiger partial charge < -0.3 is 14.4 Å². The molecule has 2 aromatic heterocycles. The minimum Gasteiger partial charge on any atom is -0.352 e. The van der Waals surface area contributed by atoms with E-state index in [0.717, 1.165) is 37.3 Å². The van der Waals surface area contributed by atoms with Gasteiger partial charge in [-0.2, -0.15) is 4.98 Å². The zero-order valence-corrected chi connectivity index (χ0v) is 10.6. The normalized spacial score (nSPS) is 17.6. The Morgan fingerprint density at radius 2 is 1.94 bits per heavy atom.